The molecule has 1 aliphatic rings. The van der Waals surface area contributed by atoms with Gasteiger partial charge in [-0.1, -0.05) is 34.6 Å². The highest BCUT2D eigenvalue weighted by Crippen LogP contribution is 2.48. The van der Waals surface area contributed by atoms with Crippen molar-refractivity contribution in [3.05, 3.63) is 0 Å². The molecule has 1 aliphatic carbocycles. The molecule has 20 heavy (non-hydrogen) atoms. The normalized spacial score (nSPS) is 23.7. The SMILES string of the molecule is CC.CCC(=O)C1CCC(C(=O)OCCCO)C1(C)C. The Morgan fingerprint density at radius 2 is 1.75 bits per heavy atom. The molecule has 4 nitrogen and oxygen atoms in total. The third-order valence-electron chi connectivity index (χ3n) is 4.11. The van der Waals surface area contributed by atoms with E-state index < -0.39 is 0 Å². The summed E-state index contributed by atoms with van der Waals surface area (Å²) in [4.78, 5) is 23.9. The smallest absolute Gasteiger partial charge is 0.309 e. The number of ketones is 1. The highest BCUT2D eigenvalue weighted by molar-refractivity contribution is 5.84. The van der Waals surface area contributed by atoms with Crippen LogP contribution in [-0.2, 0) is 14.3 Å². The zero-order valence-corrected chi connectivity index (χ0v) is 13.6. The first-order valence-electron chi connectivity index (χ1n) is 7.75. The molecular formula is C16H30O4. The lowest BCUT2D eigenvalue weighted by atomic mass is 9.73. The van der Waals surface area contributed by atoms with E-state index in [0.717, 1.165) is 12.8 Å². The van der Waals surface area contributed by atoms with E-state index in [2.05, 4.69) is 0 Å². The van der Waals surface area contributed by atoms with Crippen LogP contribution >= 0.6 is 0 Å². The van der Waals surface area contributed by atoms with Crippen molar-refractivity contribution in [2.24, 2.45) is 17.3 Å². The van der Waals surface area contributed by atoms with E-state index in [1.807, 2.05) is 34.6 Å². The molecule has 0 heterocycles. The Balaban J connectivity index is 0.00000172. The van der Waals surface area contributed by atoms with Crippen LogP contribution in [0.1, 0.15) is 60.3 Å². The van der Waals surface area contributed by atoms with Gasteiger partial charge < -0.3 is 9.84 Å². The number of hydrogen-bond donors (Lipinski definition) is 1. The van der Waals surface area contributed by atoms with Gasteiger partial charge in [0, 0.05) is 25.4 Å². The lowest BCUT2D eigenvalue weighted by molar-refractivity contribution is -0.152. The van der Waals surface area contributed by atoms with Crippen molar-refractivity contribution in [3.8, 4) is 0 Å². The predicted octanol–water partition coefficient (Wildman–Crippen LogP) is 2.97. The van der Waals surface area contributed by atoms with Crippen LogP contribution in [0.15, 0.2) is 0 Å². The molecule has 0 aromatic carbocycles. The van der Waals surface area contributed by atoms with Gasteiger partial charge in [0.1, 0.15) is 5.78 Å². The summed E-state index contributed by atoms with van der Waals surface area (Å²) in [7, 11) is 0. The summed E-state index contributed by atoms with van der Waals surface area (Å²) in [5.41, 5.74) is -0.316. The average molecular weight is 286 g/mol. The number of aliphatic hydroxyl groups is 1. The van der Waals surface area contributed by atoms with Crippen molar-refractivity contribution in [1.82, 2.24) is 0 Å². The molecule has 2 atom stereocenters. The molecule has 4 heteroatoms. The van der Waals surface area contributed by atoms with Crippen LogP contribution in [0.4, 0.5) is 0 Å². The fraction of sp³-hybridized carbons (Fsp3) is 0.875. The second kappa shape index (κ2) is 9.11. The van der Waals surface area contributed by atoms with Crippen LogP contribution in [0.2, 0.25) is 0 Å². The Hall–Kier alpha value is -0.900. The standard InChI is InChI=1S/C14H24O4.C2H6/c1-4-12(16)10-6-7-11(14(10,2)3)13(17)18-9-5-8-15;1-2/h10-11,15H,4-9H2,1-3H3;1-2H3. The second-order valence-electron chi connectivity index (χ2n) is 5.57. The lowest BCUT2D eigenvalue weighted by Gasteiger charge is -2.30. The lowest BCUT2D eigenvalue weighted by Crippen LogP contribution is -2.35. The maximum Gasteiger partial charge on any atom is 0.309 e. The largest absolute Gasteiger partial charge is 0.465 e. The number of hydrogen-bond acceptors (Lipinski definition) is 4. The molecule has 2 unspecified atom stereocenters. The predicted molar refractivity (Wildman–Crippen MR) is 79.3 cm³/mol. The summed E-state index contributed by atoms with van der Waals surface area (Å²) < 4.78 is 5.15. The van der Waals surface area contributed by atoms with Gasteiger partial charge in [-0.2, -0.15) is 0 Å². The second-order valence-corrected chi connectivity index (χ2v) is 5.57. The van der Waals surface area contributed by atoms with Crippen molar-refractivity contribution >= 4 is 11.8 Å². The molecule has 0 aliphatic heterocycles. The van der Waals surface area contributed by atoms with E-state index in [9.17, 15) is 9.59 Å². The Morgan fingerprint density at radius 1 is 1.20 bits per heavy atom. The molecule has 0 aromatic rings. The van der Waals surface area contributed by atoms with E-state index >= 15 is 0 Å². The highest BCUT2D eigenvalue weighted by Gasteiger charge is 2.49. The third kappa shape index (κ3) is 4.58. The van der Waals surface area contributed by atoms with E-state index in [0.29, 0.717) is 12.8 Å². The number of ether oxygens (including phenoxy) is 1. The van der Waals surface area contributed by atoms with Crippen molar-refractivity contribution < 1.29 is 19.4 Å². The van der Waals surface area contributed by atoms with Gasteiger partial charge >= 0.3 is 5.97 Å². The number of Topliss-reactive ketones (excluding diaryl/α,β-unsaturated/α-hetero) is 1. The molecule has 0 bridgehead atoms. The van der Waals surface area contributed by atoms with Crippen LogP contribution in [0.5, 0.6) is 0 Å². The Morgan fingerprint density at radius 3 is 2.25 bits per heavy atom. The van der Waals surface area contributed by atoms with Crippen LogP contribution in [0.25, 0.3) is 0 Å². The molecule has 1 rings (SSSR count). The minimum atomic E-state index is -0.316. The molecule has 1 saturated carbocycles. The van der Waals surface area contributed by atoms with Crippen LogP contribution in [-0.4, -0.2) is 30.1 Å². The van der Waals surface area contributed by atoms with E-state index in [1.165, 1.54) is 0 Å². The van der Waals surface area contributed by atoms with Crippen molar-refractivity contribution in [3.63, 3.8) is 0 Å². The molecule has 0 saturated heterocycles. The molecule has 1 N–H and O–H groups in total. The zero-order chi connectivity index (χ0) is 15.8. The maximum absolute atomic E-state index is 12.0. The number of carbonyl (C=O) groups excluding carboxylic acids is 2. The summed E-state index contributed by atoms with van der Waals surface area (Å²) >= 11 is 0. The molecule has 0 radical (unpaired) electrons. The highest BCUT2D eigenvalue weighted by atomic mass is 16.5. The van der Waals surface area contributed by atoms with Crippen LogP contribution < -0.4 is 0 Å². The topological polar surface area (TPSA) is 63.6 Å². The number of aliphatic hydroxyl groups excluding tert-OH is 1. The van der Waals surface area contributed by atoms with Gasteiger partial charge in [0.2, 0.25) is 0 Å². The van der Waals surface area contributed by atoms with Gasteiger partial charge in [0.15, 0.2) is 0 Å². The minimum absolute atomic E-state index is 0.0261. The Labute approximate surface area is 122 Å². The minimum Gasteiger partial charge on any atom is -0.465 e. The van der Waals surface area contributed by atoms with E-state index in [-0.39, 0.29) is 42.2 Å². The summed E-state index contributed by atoms with van der Waals surface area (Å²) in [6, 6.07) is 0. The molecule has 1 fully saturated rings. The molecular weight excluding hydrogens is 256 g/mol. The zero-order valence-electron chi connectivity index (χ0n) is 13.6. The van der Waals surface area contributed by atoms with Gasteiger partial charge in [0.25, 0.3) is 0 Å². The van der Waals surface area contributed by atoms with Crippen molar-refractivity contribution in [2.75, 3.05) is 13.2 Å². The first kappa shape index (κ1) is 19.1. The summed E-state index contributed by atoms with van der Waals surface area (Å²) in [6.45, 7) is 10.1. The van der Waals surface area contributed by atoms with E-state index in [4.69, 9.17) is 9.84 Å². The molecule has 0 spiro atoms. The van der Waals surface area contributed by atoms with Gasteiger partial charge in [-0.15, -0.1) is 0 Å². The summed E-state index contributed by atoms with van der Waals surface area (Å²) in [5, 5.41) is 8.66. The monoisotopic (exact) mass is 286 g/mol. The first-order valence-corrected chi connectivity index (χ1v) is 7.75. The number of carbonyl (C=O) groups is 2. The van der Waals surface area contributed by atoms with Gasteiger partial charge in [-0.3, -0.25) is 9.59 Å². The molecule has 0 aromatic heterocycles. The molecule has 118 valence electrons. The first-order chi connectivity index (χ1) is 9.45. The summed E-state index contributed by atoms with van der Waals surface area (Å²) in [5.74, 6) is -0.208. The van der Waals surface area contributed by atoms with Gasteiger partial charge in [0.05, 0.1) is 12.5 Å². The summed E-state index contributed by atoms with van der Waals surface area (Å²) in [6.07, 6.45) is 2.50. The van der Waals surface area contributed by atoms with Gasteiger partial charge in [-0.05, 0) is 18.3 Å². The number of esters is 1. The fourth-order valence-electron chi connectivity index (χ4n) is 2.90. The molecule has 0 amide bonds. The van der Waals surface area contributed by atoms with Gasteiger partial charge in [-0.25, -0.2) is 0 Å². The van der Waals surface area contributed by atoms with E-state index in [1.54, 1.807) is 0 Å². The maximum atomic E-state index is 12.0. The third-order valence-corrected chi connectivity index (χ3v) is 4.11. The average Bonchev–Trinajstić information content (AvgIpc) is 2.75. The van der Waals surface area contributed by atoms with Crippen molar-refractivity contribution in [1.29, 1.82) is 0 Å². The fourth-order valence-corrected chi connectivity index (χ4v) is 2.90. The quantitative estimate of drug-likeness (QED) is 0.602. The van der Waals surface area contributed by atoms with Crippen LogP contribution in [0, 0.1) is 17.3 Å². The van der Waals surface area contributed by atoms with Crippen molar-refractivity contribution in [2.45, 2.75) is 60.3 Å². The van der Waals surface area contributed by atoms with Crippen LogP contribution in [0.3, 0.4) is 0 Å². The number of rotatable bonds is 6. The Kier molecular flexibility index (Phi) is 8.70. The Bertz CT molecular complexity index is 310.